The maximum atomic E-state index is 10.5. The second-order valence-electron chi connectivity index (χ2n) is 6.52. The van der Waals surface area contributed by atoms with Gasteiger partial charge in [-0.25, -0.2) is 0 Å². The van der Waals surface area contributed by atoms with Gasteiger partial charge in [0.1, 0.15) is 0 Å². The number of nitrogens with zero attached hydrogens (tertiary/aromatic N) is 2. The first-order valence-corrected chi connectivity index (χ1v) is 8.98. The second kappa shape index (κ2) is 9.30. The van der Waals surface area contributed by atoms with E-state index in [1.54, 1.807) is 0 Å². The lowest BCUT2D eigenvalue weighted by atomic mass is 10.0. The van der Waals surface area contributed by atoms with Crippen LogP contribution in [-0.2, 0) is 4.74 Å². The highest BCUT2D eigenvalue weighted by Gasteiger charge is 2.25. The van der Waals surface area contributed by atoms with E-state index in [2.05, 4.69) is 23.1 Å². The lowest BCUT2D eigenvalue weighted by molar-refractivity contribution is -0.0208. The molecule has 4 heteroatoms. The van der Waals surface area contributed by atoms with Crippen LogP contribution < -0.4 is 0 Å². The molecule has 1 heterocycles. The number of benzene rings is 2. The number of rotatable bonds is 6. The van der Waals surface area contributed by atoms with Crippen LogP contribution >= 0.6 is 0 Å². The van der Waals surface area contributed by atoms with Gasteiger partial charge in [-0.05, 0) is 29.7 Å². The molecule has 2 atom stereocenters. The zero-order valence-corrected chi connectivity index (χ0v) is 14.8. The second-order valence-corrected chi connectivity index (χ2v) is 6.52. The summed E-state index contributed by atoms with van der Waals surface area (Å²) in [7, 11) is 0. The Morgan fingerprint density at radius 1 is 1.19 bits per heavy atom. The van der Waals surface area contributed by atoms with Gasteiger partial charge in [0.2, 0.25) is 0 Å². The third-order valence-electron chi connectivity index (χ3n) is 4.72. The van der Waals surface area contributed by atoms with E-state index in [0.29, 0.717) is 18.6 Å². The van der Waals surface area contributed by atoms with Crippen molar-refractivity contribution < 1.29 is 9.84 Å². The van der Waals surface area contributed by atoms with Crippen molar-refractivity contribution in [1.29, 1.82) is 5.26 Å². The zero-order chi connectivity index (χ0) is 18.2. The fourth-order valence-corrected chi connectivity index (χ4v) is 3.21. The normalized spacial score (nSPS) is 19.3. The van der Waals surface area contributed by atoms with Crippen LogP contribution in [0.3, 0.4) is 0 Å². The Kier molecular flexibility index (Phi) is 6.56. The van der Waals surface area contributed by atoms with Crippen LogP contribution in [0.25, 0.3) is 6.08 Å². The Morgan fingerprint density at radius 3 is 2.69 bits per heavy atom. The van der Waals surface area contributed by atoms with Gasteiger partial charge in [0.25, 0.3) is 0 Å². The van der Waals surface area contributed by atoms with Gasteiger partial charge in [-0.15, -0.1) is 0 Å². The number of hydrogen-bond donors (Lipinski definition) is 1. The molecule has 1 N–H and O–H groups in total. The summed E-state index contributed by atoms with van der Waals surface area (Å²) in [6.07, 6.45) is 4.39. The predicted octanol–water partition coefficient (Wildman–Crippen LogP) is 3.40. The van der Waals surface area contributed by atoms with Gasteiger partial charge in [-0.2, -0.15) is 5.26 Å². The first-order chi connectivity index (χ1) is 12.8. The fraction of sp³-hybridized carbons (Fsp3) is 0.318. The highest BCUT2D eigenvalue weighted by atomic mass is 16.5. The van der Waals surface area contributed by atoms with Gasteiger partial charge in [-0.3, -0.25) is 4.90 Å². The van der Waals surface area contributed by atoms with Crippen molar-refractivity contribution in [3.63, 3.8) is 0 Å². The first-order valence-electron chi connectivity index (χ1n) is 8.98. The van der Waals surface area contributed by atoms with Crippen LogP contribution in [-0.4, -0.2) is 42.4 Å². The average Bonchev–Trinajstić information content (AvgIpc) is 2.70. The standard InChI is InChI=1S/C22H24N2O2/c23-16-19-10-8-18(9-11-19)5-4-12-24-13-14-26-17-21(24)15-22(25)20-6-2-1-3-7-20/h1-11,21-22,25H,12-15,17H2/b5-4+. The Bertz CT molecular complexity index is 750. The van der Waals surface area contributed by atoms with Gasteiger partial charge in [-0.1, -0.05) is 54.6 Å². The molecule has 1 fully saturated rings. The maximum absolute atomic E-state index is 10.5. The van der Waals surface area contributed by atoms with Crippen LogP contribution in [0.2, 0.25) is 0 Å². The zero-order valence-electron chi connectivity index (χ0n) is 14.8. The molecule has 2 unspecified atom stereocenters. The minimum atomic E-state index is -0.479. The van der Waals surface area contributed by atoms with Crippen molar-refractivity contribution in [3.05, 3.63) is 77.4 Å². The third kappa shape index (κ3) is 5.03. The Balaban J connectivity index is 1.58. The molecule has 1 aliphatic heterocycles. The number of morpholine rings is 1. The quantitative estimate of drug-likeness (QED) is 0.869. The van der Waals surface area contributed by atoms with Gasteiger partial charge in [0.15, 0.2) is 0 Å². The molecule has 0 radical (unpaired) electrons. The van der Waals surface area contributed by atoms with Crippen molar-refractivity contribution in [1.82, 2.24) is 4.90 Å². The van der Waals surface area contributed by atoms with E-state index in [1.165, 1.54) is 0 Å². The lowest BCUT2D eigenvalue weighted by Crippen LogP contribution is -2.46. The largest absolute Gasteiger partial charge is 0.388 e. The van der Waals surface area contributed by atoms with Crippen LogP contribution in [0.4, 0.5) is 0 Å². The topological polar surface area (TPSA) is 56.5 Å². The van der Waals surface area contributed by atoms with Crippen LogP contribution in [0.5, 0.6) is 0 Å². The Hall–Kier alpha value is -2.45. The molecule has 0 aliphatic carbocycles. The van der Waals surface area contributed by atoms with Gasteiger partial charge in [0, 0.05) is 19.1 Å². The molecule has 2 aromatic carbocycles. The van der Waals surface area contributed by atoms with Crippen molar-refractivity contribution in [2.45, 2.75) is 18.6 Å². The summed E-state index contributed by atoms with van der Waals surface area (Å²) in [6.45, 7) is 3.05. The minimum absolute atomic E-state index is 0.199. The average molecular weight is 348 g/mol. The maximum Gasteiger partial charge on any atom is 0.0991 e. The monoisotopic (exact) mass is 348 g/mol. The highest BCUT2D eigenvalue weighted by molar-refractivity contribution is 5.51. The van der Waals surface area contributed by atoms with Crippen LogP contribution in [0.15, 0.2) is 60.7 Å². The SMILES string of the molecule is N#Cc1ccc(/C=C/CN2CCOCC2CC(O)c2ccccc2)cc1. The van der Waals surface area contributed by atoms with Crippen molar-refractivity contribution >= 4 is 6.08 Å². The molecule has 1 saturated heterocycles. The van der Waals surface area contributed by atoms with Gasteiger partial charge in [0.05, 0.1) is 31.0 Å². The summed E-state index contributed by atoms with van der Waals surface area (Å²) in [5.41, 5.74) is 2.70. The van der Waals surface area contributed by atoms with E-state index in [0.717, 1.165) is 30.8 Å². The van der Waals surface area contributed by atoms with Crippen molar-refractivity contribution in [3.8, 4) is 6.07 Å². The van der Waals surface area contributed by atoms with E-state index in [1.807, 2.05) is 54.6 Å². The van der Waals surface area contributed by atoms with Crippen LogP contribution in [0.1, 0.15) is 29.2 Å². The molecule has 134 valence electrons. The smallest absolute Gasteiger partial charge is 0.0991 e. The number of aliphatic hydroxyl groups excluding tert-OH is 1. The number of hydrogen-bond acceptors (Lipinski definition) is 4. The van der Waals surface area contributed by atoms with E-state index in [4.69, 9.17) is 10.00 Å². The number of aliphatic hydroxyl groups is 1. The number of nitriles is 1. The molecular weight excluding hydrogens is 324 g/mol. The molecule has 2 aromatic rings. The molecule has 3 rings (SSSR count). The first kappa shape index (κ1) is 18.3. The molecule has 0 aromatic heterocycles. The van der Waals surface area contributed by atoms with E-state index in [-0.39, 0.29) is 6.04 Å². The van der Waals surface area contributed by atoms with E-state index in [9.17, 15) is 5.11 Å². The predicted molar refractivity (Wildman–Crippen MR) is 102 cm³/mol. The van der Waals surface area contributed by atoms with Crippen LogP contribution in [0, 0.1) is 11.3 Å². The summed E-state index contributed by atoms with van der Waals surface area (Å²) in [5, 5.41) is 19.4. The summed E-state index contributed by atoms with van der Waals surface area (Å²) < 4.78 is 5.63. The minimum Gasteiger partial charge on any atom is -0.388 e. The Morgan fingerprint density at radius 2 is 1.96 bits per heavy atom. The fourth-order valence-electron chi connectivity index (χ4n) is 3.21. The molecule has 0 amide bonds. The van der Waals surface area contributed by atoms with E-state index < -0.39 is 6.10 Å². The summed E-state index contributed by atoms with van der Waals surface area (Å²) in [6, 6.07) is 19.7. The molecule has 0 bridgehead atoms. The van der Waals surface area contributed by atoms with Gasteiger partial charge < -0.3 is 9.84 Å². The molecular formula is C22H24N2O2. The van der Waals surface area contributed by atoms with Gasteiger partial charge >= 0.3 is 0 Å². The lowest BCUT2D eigenvalue weighted by Gasteiger charge is -2.36. The van der Waals surface area contributed by atoms with E-state index >= 15 is 0 Å². The van der Waals surface area contributed by atoms with Crippen molar-refractivity contribution in [2.24, 2.45) is 0 Å². The summed E-state index contributed by atoms with van der Waals surface area (Å²) >= 11 is 0. The highest BCUT2D eigenvalue weighted by Crippen LogP contribution is 2.22. The molecule has 1 aliphatic rings. The molecule has 26 heavy (non-hydrogen) atoms. The molecule has 0 saturated carbocycles. The van der Waals surface area contributed by atoms with Crippen molar-refractivity contribution in [2.75, 3.05) is 26.3 Å². The third-order valence-corrected chi connectivity index (χ3v) is 4.72. The summed E-state index contributed by atoms with van der Waals surface area (Å²) in [5.74, 6) is 0. The summed E-state index contributed by atoms with van der Waals surface area (Å²) in [4.78, 5) is 2.36. The Labute approximate surface area is 155 Å². The molecule has 0 spiro atoms. The number of ether oxygens (including phenoxy) is 1. The molecule has 4 nitrogen and oxygen atoms in total.